The van der Waals surface area contributed by atoms with Crippen LogP contribution in [0.5, 0.6) is 5.75 Å². The Morgan fingerprint density at radius 2 is 2.07 bits per heavy atom. The summed E-state index contributed by atoms with van der Waals surface area (Å²) in [6.45, 7) is 4.49. The predicted molar refractivity (Wildman–Crippen MR) is 108 cm³/mol. The number of rotatable bonds is 7. The van der Waals surface area contributed by atoms with E-state index in [1.807, 2.05) is 37.3 Å². The average Bonchev–Trinajstić information content (AvgIpc) is 2.99. The number of hydrogen-bond acceptors (Lipinski definition) is 4. The zero-order valence-electron chi connectivity index (χ0n) is 15.8. The summed E-state index contributed by atoms with van der Waals surface area (Å²) in [5.41, 5.74) is 2.45. The number of fused-ring (bicyclic) bond motifs is 1. The van der Waals surface area contributed by atoms with Gasteiger partial charge < -0.3 is 15.0 Å². The average molecular weight is 385 g/mol. The van der Waals surface area contributed by atoms with Gasteiger partial charge in [-0.3, -0.25) is 9.59 Å². The maximum absolute atomic E-state index is 12.7. The number of nitrogens with zero attached hydrogens (tertiary/aromatic N) is 1. The highest BCUT2D eigenvalue weighted by molar-refractivity contribution is 7.99. The molecule has 5 nitrogen and oxygen atoms in total. The Morgan fingerprint density at radius 3 is 2.81 bits per heavy atom. The summed E-state index contributed by atoms with van der Waals surface area (Å²) >= 11 is 1.69. The van der Waals surface area contributed by atoms with Gasteiger partial charge in [-0.15, -0.1) is 11.8 Å². The summed E-state index contributed by atoms with van der Waals surface area (Å²) in [5, 5.41) is 2.99. The third-order valence-electron chi connectivity index (χ3n) is 4.62. The van der Waals surface area contributed by atoms with Crippen LogP contribution < -0.4 is 10.1 Å². The Balaban J connectivity index is 1.65. The first-order valence-corrected chi connectivity index (χ1v) is 10.0. The molecule has 0 fully saturated rings. The van der Waals surface area contributed by atoms with E-state index in [0.717, 1.165) is 27.6 Å². The normalized spacial score (nSPS) is 14.0. The molecule has 0 unspecified atom stereocenters. The summed E-state index contributed by atoms with van der Waals surface area (Å²) in [6, 6.07) is 13.1. The van der Waals surface area contributed by atoms with Gasteiger partial charge in [0, 0.05) is 29.5 Å². The lowest BCUT2D eigenvalue weighted by Crippen LogP contribution is -2.36. The van der Waals surface area contributed by atoms with Crippen molar-refractivity contribution in [2.45, 2.75) is 37.8 Å². The summed E-state index contributed by atoms with van der Waals surface area (Å²) in [7, 11) is 1.61. The van der Waals surface area contributed by atoms with Gasteiger partial charge in [0.25, 0.3) is 5.91 Å². The van der Waals surface area contributed by atoms with E-state index >= 15 is 0 Å². The molecule has 0 radical (unpaired) electrons. The van der Waals surface area contributed by atoms with Crippen LogP contribution in [0.25, 0.3) is 0 Å². The van der Waals surface area contributed by atoms with E-state index in [1.165, 1.54) is 0 Å². The zero-order chi connectivity index (χ0) is 19.4. The SMILES string of the molecule is CCSc1ccccc1NC(=O)C[C@@H](C)N1Cc2cc(OC)ccc2C1=O. The Morgan fingerprint density at radius 1 is 1.30 bits per heavy atom. The van der Waals surface area contributed by atoms with E-state index < -0.39 is 0 Å². The van der Waals surface area contributed by atoms with E-state index in [4.69, 9.17) is 4.74 Å². The quantitative estimate of drug-likeness (QED) is 0.728. The van der Waals surface area contributed by atoms with Crippen molar-refractivity contribution >= 4 is 29.3 Å². The summed E-state index contributed by atoms with van der Waals surface area (Å²) in [4.78, 5) is 28.0. The topological polar surface area (TPSA) is 58.6 Å². The molecular weight excluding hydrogens is 360 g/mol. The van der Waals surface area contributed by atoms with Crippen LogP contribution in [-0.4, -0.2) is 35.6 Å². The van der Waals surface area contributed by atoms with Crippen molar-refractivity contribution < 1.29 is 14.3 Å². The van der Waals surface area contributed by atoms with E-state index in [-0.39, 0.29) is 24.3 Å². The van der Waals surface area contributed by atoms with Gasteiger partial charge in [0.05, 0.1) is 12.8 Å². The molecule has 27 heavy (non-hydrogen) atoms. The molecule has 2 aromatic carbocycles. The van der Waals surface area contributed by atoms with Crippen molar-refractivity contribution in [3.63, 3.8) is 0 Å². The standard InChI is InChI=1S/C21H24N2O3S/c1-4-27-19-8-6-5-7-18(19)22-20(24)11-14(2)23-13-15-12-16(26-3)9-10-17(15)21(23)25/h5-10,12,14H,4,11,13H2,1-3H3,(H,22,24)/t14-/m1/s1. The monoisotopic (exact) mass is 384 g/mol. The molecule has 6 heteroatoms. The Hall–Kier alpha value is -2.47. The van der Waals surface area contributed by atoms with Gasteiger partial charge in [-0.25, -0.2) is 0 Å². The number of para-hydroxylation sites is 1. The molecule has 0 aliphatic carbocycles. The second kappa shape index (κ2) is 8.48. The van der Waals surface area contributed by atoms with Crippen LogP contribution in [0.4, 0.5) is 5.69 Å². The van der Waals surface area contributed by atoms with Gasteiger partial charge in [0.15, 0.2) is 0 Å². The second-order valence-corrected chi connectivity index (χ2v) is 7.79. The number of thioether (sulfide) groups is 1. The molecule has 2 aromatic rings. The van der Waals surface area contributed by atoms with Crippen molar-refractivity contribution in [3.8, 4) is 5.75 Å². The predicted octanol–water partition coefficient (Wildman–Crippen LogP) is 4.18. The van der Waals surface area contributed by atoms with Crippen LogP contribution in [0.3, 0.4) is 0 Å². The van der Waals surface area contributed by atoms with Gasteiger partial charge in [-0.05, 0) is 48.6 Å². The largest absolute Gasteiger partial charge is 0.497 e. The van der Waals surface area contributed by atoms with Crippen molar-refractivity contribution in [1.82, 2.24) is 4.90 Å². The van der Waals surface area contributed by atoms with Gasteiger partial charge in [-0.1, -0.05) is 19.1 Å². The number of anilines is 1. The molecule has 1 N–H and O–H groups in total. The molecule has 0 spiro atoms. The molecule has 2 amide bonds. The fourth-order valence-electron chi connectivity index (χ4n) is 3.23. The molecule has 3 rings (SSSR count). The first kappa shape index (κ1) is 19.3. The van der Waals surface area contributed by atoms with Gasteiger partial charge in [0.1, 0.15) is 5.75 Å². The molecular formula is C21H24N2O3S. The molecule has 1 heterocycles. The Bertz CT molecular complexity index is 853. The van der Waals surface area contributed by atoms with Crippen LogP contribution in [0.2, 0.25) is 0 Å². The first-order chi connectivity index (χ1) is 13.0. The molecule has 142 valence electrons. The highest BCUT2D eigenvalue weighted by Gasteiger charge is 2.31. The highest BCUT2D eigenvalue weighted by atomic mass is 32.2. The summed E-state index contributed by atoms with van der Waals surface area (Å²) < 4.78 is 5.24. The van der Waals surface area contributed by atoms with Crippen LogP contribution in [0, 0.1) is 0 Å². The summed E-state index contributed by atoms with van der Waals surface area (Å²) in [5.74, 6) is 1.55. The third-order valence-corrected chi connectivity index (χ3v) is 5.57. The summed E-state index contributed by atoms with van der Waals surface area (Å²) in [6.07, 6.45) is 0.252. The van der Waals surface area contributed by atoms with Crippen LogP contribution in [0.1, 0.15) is 36.2 Å². The van der Waals surface area contributed by atoms with Crippen LogP contribution >= 0.6 is 11.8 Å². The Kier molecular flexibility index (Phi) is 6.06. The van der Waals surface area contributed by atoms with Crippen molar-refractivity contribution in [2.75, 3.05) is 18.2 Å². The van der Waals surface area contributed by atoms with Gasteiger partial charge >= 0.3 is 0 Å². The molecule has 0 saturated heterocycles. The molecule has 0 saturated carbocycles. The molecule has 0 bridgehead atoms. The highest BCUT2D eigenvalue weighted by Crippen LogP contribution is 2.30. The molecule has 1 aliphatic rings. The minimum Gasteiger partial charge on any atom is -0.497 e. The minimum atomic E-state index is -0.193. The van der Waals surface area contributed by atoms with Gasteiger partial charge in [-0.2, -0.15) is 0 Å². The molecule has 0 aromatic heterocycles. The molecule has 1 atom stereocenters. The third kappa shape index (κ3) is 4.27. The lowest BCUT2D eigenvalue weighted by Gasteiger charge is -2.24. The van der Waals surface area contributed by atoms with E-state index in [2.05, 4.69) is 12.2 Å². The maximum Gasteiger partial charge on any atom is 0.254 e. The van der Waals surface area contributed by atoms with E-state index in [9.17, 15) is 9.59 Å². The molecule has 1 aliphatic heterocycles. The number of carbonyl (C=O) groups excluding carboxylic acids is 2. The number of hydrogen-bond donors (Lipinski definition) is 1. The smallest absolute Gasteiger partial charge is 0.254 e. The number of methoxy groups -OCH3 is 1. The fourth-order valence-corrected chi connectivity index (χ4v) is 3.99. The van der Waals surface area contributed by atoms with E-state index in [1.54, 1.807) is 35.9 Å². The van der Waals surface area contributed by atoms with Crippen LogP contribution in [0.15, 0.2) is 47.4 Å². The number of benzene rings is 2. The number of nitrogens with one attached hydrogen (secondary N) is 1. The van der Waals surface area contributed by atoms with Crippen molar-refractivity contribution in [1.29, 1.82) is 0 Å². The van der Waals surface area contributed by atoms with Gasteiger partial charge in [0.2, 0.25) is 5.91 Å². The number of amides is 2. The maximum atomic E-state index is 12.7. The first-order valence-electron chi connectivity index (χ1n) is 9.03. The van der Waals surface area contributed by atoms with Crippen molar-refractivity contribution in [2.24, 2.45) is 0 Å². The Labute approximate surface area is 164 Å². The number of carbonyl (C=O) groups is 2. The van der Waals surface area contributed by atoms with Crippen LogP contribution in [-0.2, 0) is 11.3 Å². The number of ether oxygens (including phenoxy) is 1. The van der Waals surface area contributed by atoms with E-state index in [0.29, 0.717) is 12.1 Å². The second-order valence-electron chi connectivity index (χ2n) is 6.49. The van der Waals surface area contributed by atoms with Crippen molar-refractivity contribution in [3.05, 3.63) is 53.6 Å². The zero-order valence-corrected chi connectivity index (χ0v) is 16.6. The lowest BCUT2D eigenvalue weighted by molar-refractivity contribution is -0.117. The minimum absolute atomic E-state index is 0.0325. The fraction of sp³-hybridized carbons (Fsp3) is 0.333. The lowest BCUT2D eigenvalue weighted by atomic mass is 10.1.